The van der Waals surface area contributed by atoms with Gasteiger partial charge in [0.15, 0.2) is 0 Å². The molecule has 0 radical (unpaired) electrons. The van der Waals surface area contributed by atoms with Gasteiger partial charge in [-0.05, 0) is 34.4 Å². The Kier molecular flexibility index (Phi) is 6.40. The molecule has 6 heteroatoms. The summed E-state index contributed by atoms with van der Waals surface area (Å²) in [5, 5.41) is 0. The van der Waals surface area contributed by atoms with Crippen LogP contribution in [0, 0.1) is 0 Å². The minimum absolute atomic E-state index is 0.242. The summed E-state index contributed by atoms with van der Waals surface area (Å²) in [5.74, 6) is -0.242. The molecule has 0 aliphatic carbocycles. The number of nitrogens with one attached hydrogen (secondary N) is 1. The standard InChI is InChI=1S/C28H28N4O2/c1-34-28(33)27(22-10-6-3-7-11-22)32-15-14-31(19-25-17-29-20-30-25)26-13-12-23(16-24(26)18-32)21-8-4-2-5-9-21/h2-13,16-17,20,27H,14-15,18-19H2,1H3,(H,29,30). The molecule has 1 aliphatic rings. The molecule has 0 saturated heterocycles. The highest BCUT2D eigenvalue weighted by atomic mass is 16.5. The van der Waals surface area contributed by atoms with E-state index in [4.69, 9.17) is 4.74 Å². The van der Waals surface area contributed by atoms with Gasteiger partial charge in [-0.2, -0.15) is 0 Å². The first kappa shape index (κ1) is 21.9. The highest BCUT2D eigenvalue weighted by Crippen LogP contribution is 2.34. The zero-order valence-corrected chi connectivity index (χ0v) is 19.2. The molecule has 5 rings (SSSR count). The van der Waals surface area contributed by atoms with E-state index in [1.807, 2.05) is 42.6 Å². The number of hydrogen-bond acceptors (Lipinski definition) is 5. The molecule has 0 amide bonds. The van der Waals surface area contributed by atoms with Crippen molar-refractivity contribution in [3.05, 3.63) is 108 Å². The quantitative estimate of drug-likeness (QED) is 0.425. The van der Waals surface area contributed by atoms with Gasteiger partial charge in [-0.15, -0.1) is 0 Å². The van der Waals surface area contributed by atoms with Crippen molar-refractivity contribution in [2.45, 2.75) is 19.1 Å². The number of benzene rings is 3. The molecule has 34 heavy (non-hydrogen) atoms. The van der Waals surface area contributed by atoms with Crippen LogP contribution < -0.4 is 4.90 Å². The molecule has 3 aromatic carbocycles. The van der Waals surface area contributed by atoms with Crippen molar-refractivity contribution in [1.82, 2.24) is 14.9 Å². The molecule has 172 valence electrons. The Balaban J connectivity index is 1.55. The van der Waals surface area contributed by atoms with Crippen LogP contribution >= 0.6 is 0 Å². The van der Waals surface area contributed by atoms with Gasteiger partial charge < -0.3 is 14.6 Å². The van der Waals surface area contributed by atoms with Gasteiger partial charge in [0.05, 0.1) is 25.7 Å². The molecule has 1 aliphatic heterocycles. The summed E-state index contributed by atoms with van der Waals surface area (Å²) in [7, 11) is 1.46. The zero-order valence-electron chi connectivity index (χ0n) is 19.2. The average molecular weight is 453 g/mol. The third-order valence-corrected chi connectivity index (χ3v) is 6.38. The number of ether oxygens (including phenoxy) is 1. The van der Waals surface area contributed by atoms with Crippen LogP contribution in [0.3, 0.4) is 0 Å². The van der Waals surface area contributed by atoms with Gasteiger partial charge in [0, 0.05) is 31.5 Å². The van der Waals surface area contributed by atoms with Crippen LogP contribution in [0.5, 0.6) is 0 Å². The minimum Gasteiger partial charge on any atom is -0.468 e. The number of nitrogens with zero attached hydrogens (tertiary/aromatic N) is 3. The lowest BCUT2D eigenvalue weighted by Gasteiger charge is -2.29. The van der Waals surface area contributed by atoms with Gasteiger partial charge in [0.25, 0.3) is 0 Å². The fraction of sp³-hybridized carbons (Fsp3) is 0.214. The van der Waals surface area contributed by atoms with Crippen molar-refractivity contribution in [3.63, 3.8) is 0 Å². The van der Waals surface area contributed by atoms with Gasteiger partial charge in [0.1, 0.15) is 6.04 Å². The van der Waals surface area contributed by atoms with Crippen molar-refractivity contribution in [1.29, 1.82) is 0 Å². The van der Waals surface area contributed by atoms with E-state index in [-0.39, 0.29) is 5.97 Å². The maximum Gasteiger partial charge on any atom is 0.327 e. The monoisotopic (exact) mass is 452 g/mol. The molecule has 1 unspecified atom stereocenters. The molecular formula is C28H28N4O2. The fourth-order valence-electron chi connectivity index (χ4n) is 4.70. The number of H-pyrrole nitrogens is 1. The maximum absolute atomic E-state index is 13.0. The maximum atomic E-state index is 13.0. The van der Waals surface area contributed by atoms with E-state index in [0.717, 1.165) is 36.5 Å². The predicted molar refractivity (Wildman–Crippen MR) is 133 cm³/mol. The second-order valence-electron chi connectivity index (χ2n) is 8.51. The number of rotatable bonds is 6. The Labute approximate surface area is 199 Å². The number of aromatic nitrogens is 2. The van der Waals surface area contributed by atoms with Crippen LogP contribution in [0.1, 0.15) is 22.9 Å². The molecular weight excluding hydrogens is 424 g/mol. The van der Waals surface area contributed by atoms with Crippen molar-refractivity contribution in [2.75, 3.05) is 25.1 Å². The molecule has 0 saturated carbocycles. The SMILES string of the molecule is COC(=O)C(c1ccccc1)N1CCN(Cc2cnc[nH]2)c2ccc(-c3ccccc3)cc2C1. The summed E-state index contributed by atoms with van der Waals surface area (Å²) in [4.78, 5) is 25.0. The van der Waals surface area contributed by atoms with Gasteiger partial charge in [-0.1, -0.05) is 66.7 Å². The van der Waals surface area contributed by atoms with E-state index in [2.05, 4.69) is 62.2 Å². The second-order valence-corrected chi connectivity index (χ2v) is 8.51. The average Bonchev–Trinajstić information content (AvgIpc) is 3.34. The normalized spacial score (nSPS) is 14.8. The molecule has 4 aromatic rings. The van der Waals surface area contributed by atoms with E-state index in [0.29, 0.717) is 6.54 Å². The van der Waals surface area contributed by atoms with Crippen molar-refractivity contribution < 1.29 is 9.53 Å². The summed E-state index contributed by atoms with van der Waals surface area (Å²) >= 11 is 0. The summed E-state index contributed by atoms with van der Waals surface area (Å²) in [6, 6.07) is 26.5. The lowest BCUT2D eigenvalue weighted by molar-refractivity contribution is -0.147. The van der Waals surface area contributed by atoms with Crippen molar-refractivity contribution >= 4 is 11.7 Å². The van der Waals surface area contributed by atoms with E-state index < -0.39 is 6.04 Å². The Morgan fingerprint density at radius 1 is 1.00 bits per heavy atom. The summed E-state index contributed by atoms with van der Waals surface area (Å²) < 4.78 is 5.25. The number of anilines is 1. The highest BCUT2D eigenvalue weighted by molar-refractivity contribution is 5.78. The Bertz CT molecular complexity index is 1230. The van der Waals surface area contributed by atoms with Crippen LogP contribution in [0.25, 0.3) is 11.1 Å². The van der Waals surface area contributed by atoms with Crippen LogP contribution in [0.4, 0.5) is 5.69 Å². The number of esters is 1. The minimum atomic E-state index is -0.466. The molecule has 1 aromatic heterocycles. The zero-order chi connectivity index (χ0) is 23.3. The molecule has 0 fully saturated rings. The van der Waals surface area contributed by atoms with Crippen LogP contribution in [-0.2, 0) is 22.6 Å². The van der Waals surface area contributed by atoms with Crippen LogP contribution in [0.15, 0.2) is 91.4 Å². The topological polar surface area (TPSA) is 61.5 Å². The molecule has 0 spiro atoms. The lowest BCUT2D eigenvalue weighted by atomic mass is 10.00. The van der Waals surface area contributed by atoms with E-state index >= 15 is 0 Å². The molecule has 1 atom stereocenters. The third-order valence-electron chi connectivity index (χ3n) is 6.38. The lowest BCUT2D eigenvalue weighted by Crippen LogP contribution is -2.37. The number of imidazole rings is 1. The summed E-state index contributed by atoms with van der Waals surface area (Å²) in [6.45, 7) is 2.86. The number of aromatic amines is 1. The predicted octanol–water partition coefficient (Wildman–Crippen LogP) is 4.81. The smallest absolute Gasteiger partial charge is 0.327 e. The molecule has 0 bridgehead atoms. The number of carbonyl (C=O) groups excluding carboxylic acids is 1. The molecule has 6 nitrogen and oxygen atoms in total. The number of carbonyl (C=O) groups is 1. The van der Waals surface area contributed by atoms with Crippen molar-refractivity contribution in [2.24, 2.45) is 0 Å². The number of fused-ring (bicyclic) bond motifs is 1. The van der Waals surface area contributed by atoms with E-state index in [9.17, 15) is 4.79 Å². The Morgan fingerprint density at radius 3 is 2.47 bits per heavy atom. The van der Waals surface area contributed by atoms with Gasteiger partial charge in [-0.25, -0.2) is 9.78 Å². The number of hydrogen-bond donors (Lipinski definition) is 1. The van der Waals surface area contributed by atoms with Crippen LogP contribution in [0.2, 0.25) is 0 Å². The molecule has 1 N–H and O–H groups in total. The largest absolute Gasteiger partial charge is 0.468 e. The van der Waals surface area contributed by atoms with Crippen molar-refractivity contribution in [3.8, 4) is 11.1 Å². The third kappa shape index (κ3) is 4.58. The van der Waals surface area contributed by atoms with Gasteiger partial charge in [0.2, 0.25) is 0 Å². The number of methoxy groups -OCH3 is 1. The van der Waals surface area contributed by atoms with E-state index in [1.165, 1.54) is 23.9 Å². The molecule has 2 heterocycles. The van der Waals surface area contributed by atoms with Gasteiger partial charge >= 0.3 is 5.97 Å². The van der Waals surface area contributed by atoms with Crippen LogP contribution in [-0.4, -0.2) is 41.0 Å². The summed E-state index contributed by atoms with van der Waals surface area (Å²) in [5.41, 5.74) is 6.69. The Hall–Kier alpha value is -3.90. The Morgan fingerprint density at radius 2 is 1.76 bits per heavy atom. The second kappa shape index (κ2) is 9.93. The first-order valence-electron chi connectivity index (χ1n) is 11.5. The fourth-order valence-corrected chi connectivity index (χ4v) is 4.70. The van der Waals surface area contributed by atoms with Gasteiger partial charge in [-0.3, -0.25) is 4.90 Å². The first-order chi connectivity index (χ1) is 16.7. The first-order valence-corrected chi connectivity index (χ1v) is 11.5. The van der Waals surface area contributed by atoms with E-state index in [1.54, 1.807) is 6.33 Å². The highest BCUT2D eigenvalue weighted by Gasteiger charge is 2.32. The summed E-state index contributed by atoms with van der Waals surface area (Å²) in [6.07, 6.45) is 3.57.